The maximum absolute atomic E-state index is 13.2. The standard InChI is InChI=1S/C18H30N2O3S/c1-4-5-16-6-8-18(9-7-16)24(21,22)20(13-12-19(2)3)17-10-14-23-15-11-17/h6-9,17H,4-5,10-15H2,1-3H3. The van der Waals surface area contributed by atoms with Crippen LogP contribution in [0.1, 0.15) is 31.7 Å². The molecule has 0 unspecified atom stereocenters. The minimum absolute atomic E-state index is 0.0269. The van der Waals surface area contributed by atoms with Crippen LogP contribution in [0.5, 0.6) is 0 Å². The van der Waals surface area contributed by atoms with Gasteiger partial charge in [-0.1, -0.05) is 25.5 Å². The van der Waals surface area contributed by atoms with Crippen molar-refractivity contribution in [1.29, 1.82) is 0 Å². The van der Waals surface area contributed by atoms with Crippen LogP contribution in [0.4, 0.5) is 0 Å². The quantitative estimate of drug-likeness (QED) is 0.719. The second-order valence-electron chi connectivity index (χ2n) is 6.66. The van der Waals surface area contributed by atoms with Crippen molar-refractivity contribution >= 4 is 10.0 Å². The molecule has 0 N–H and O–H groups in total. The summed E-state index contributed by atoms with van der Waals surface area (Å²) in [5.41, 5.74) is 1.18. The first-order chi connectivity index (χ1) is 11.4. The Balaban J connectivity index is 2.23. The zero-order valence-corrected chi connectivity index (χ0v) is 15.9. The first-order valence-electron chi connectivity index (χ1n) is 8.78. The lowest BCUT2D eigenvalue weighted by Gasteiger charge is -2.34. The maximum Gasteiger partial charge on any atom is 0.243 e. The van der Waals surface area contributed by atoms with E-state index in [2.05, 4.69) is 6.92 Å². The third kappa shape index (κ3) is 5.02. The van der Waals surface area contributed by atoms with E-state index in [0.29, 0.717) is 31.2 Å². The van der Waals surface area contributed by atoms with Crippen LogP contribution < -0.4 is 0 Å². The second kappa shape index (κ2) is 8.94. The Kier molecular flexibility index (Phi) is 7.22. The van der Waals surface area contributed by atoms with E-state index in [9.17, 15) is 8.42 Å². The van der Waals surface area contributed by atoms with E-state index < -0.39 is 10.0 Å². The number of rotatable bonds is 8. The molecule has 2 rings (SSSR count). The van der Waals surface area contributed by atoms with Crippen LogP contribution in [0.15, 0.2) is 29.2 Å². The lowest BCUT2D eigenvalue weighted by Crippen LogP contribution is -2.46. The van der Waals surface area contributed by atoms with Crippen LogP contribution in [-0.2, 0) is 21.2 Å². The zero-order valence-electron chi connectivity index (χ0n) is 15.1. The van der Waals surface area contributed by atoms with Gasteiger partial charge in [-0.3, -0.25) is 0 Å². The molecular weight excluding hydrogens is 324 g/mol. The molecule has 6 heteroatoms. The van der Waals surface area contributed by atoms with Gasteiger partial charge in [-0.25, -0.2) is 8.42 Å². The van der Waals surface area contributed by atoms with Crippen molar-refractivity contribution in [2.45, 2.75) is 43.5 Å². The highest BCUT2D eigenvalue weighted by Gasteiger charge is 2.32. The largest absolute Gasteiger partial charge is 0.381 e. The number of hydrogen-bond donors (Lipinski definition) is 0. The SMILES string of the molecule is CCCc1ccc(S(=O)(=O)N(CCN(C)C)C2CCOCC2)cc1. The van der Waals surface area contributed by atoms with Crippen LogP contribution in [0.3, 0.4) is 0 Å². The fourth-order valence-electron chi connectivity index (χ4n) is 3.02. The molecule has 0 aliphatic carbocycles. The molecule has 1 aromatic carbocycles. The molecule has 0 bridgehead atoms. The molecular formula is C18H30N2O3S. The van der Waals surface area contributed by atoms with Crippen molar-refractivity contribution in [3.63, 3.8) is 0 Å². The Hall–Kier alpha value is -0.950. The van der Waals surface area contributed by atoms with Gasteiger partial charge in [0.15, 0.2) is 0 Å². The van der Waals surface area contributed by atoms with Crippen LogP contribution >= 0.6 is 0 Å². The summed E-state index contributed by atoms with van der Waals surface area (Å²) in [5.74, 6) is 0. The predicted octanol–water partition coefficient (Wildman–Crippen LogP) is 2.37. The smallest absolute Gasteiger partial charge is 0.243 e. The Bertz CT molecular complexity index is 593. The average Bonchev–Trinajstić information content (AvgIpc) is 2.56. The van der Waals surface area contributed by atoms with Gasteiger partial charge in [-0.15, -0.1) is 0 Å². The molecule has 136 valence electrons. The van der Waals surface area contributed by atoms with Crippen LogP contribution in [0.2, 0.25) is 0 Å². The summed E-state index contributed by atoms with van der Waals surface area (Å²) in [4.78, 5) is 2.42. The van der Waals surface area contributed by atoms with Crippen LogP contribution in [0, 0.1) is 0 Å². The number of hydrogen-bond acceptors (Lipinski definition) is 4. The Morgan fingerprint density at radius 3 is 2.25 bits per heavy atom. The molecule has 1 aliphatic rings. The molecule has 0 radical (unpaired) electrons. The number of sulfonamides is 1. The summed E-state index contributed by atoms with van der Waals surface area (Å²) in [6.45, 7) is 4.61. The van der Waals surface area contributed by atoms with Crippen molar-refractivity contribution in [3.8, 4) is 0 Å². The van der Waals surface area contributed by atoms with Crippen LogP contribution in [-0.4, -0.2) is 64.1 Å². The summed E-state index contributed by atoms with van der Waals surface area (Å²) in [6, 6.07) is 7.40. The lowest BCUT2D eigenvalue weighted by atomic mass is 10.1. The van der Waals surface area contributed by atoms with Crippen molar-refractivity contribution in [3.05, 3.63) is 29.8 Å². The highest BCUT2D eigenvalue weighted by atomic mass is 32.2. The number of likely N-dealkylation sites (N-methyl/N-ethyl adjacent to an activating group) is 1. The number of ether oxygens (including phenoxy) is 1. The molecule has 1 aliphatic heterocycles. The summed E-state index contributed by atoms with van der Waals surface area (Å²) in [6.07, 6.45) is 3.56. The third-order valence-corrected chi connectivity index (χ3v) is 6.40. The summed E-state index contributed by atoms with van der Waals surface area (Å²) >= 11 is 0. The molecule has 5 nitrogen and oxygen atoms in total. The molecule has 1 saturated heterocycles. The van der Waals surface area contributed by atoms with Gasteiger partial charge in [-0.05, 0) is 51.1 Å². The summed E-state index contributed by atoms with van der Waals surface area (Å²) in [7, 11) is 0.456. The fraction of sp³-hybridized carbons (Fsp3) is 0.667. The highest BCUT2D eigenvalue weighted by molar-refractivity contribution is 7.89. The first-order valence-corrected chi connectivity index (χ1v) is 10.2. The first kappa shape index (κ1) is 19.4. The number of benzene rings is 1. The number of aryl methyl sites for hydroxylation is 1. The van der Waals surface area contributed by atoms with E-state index >= 15 is 0 Å². The van der Waals surface area contributed by atoms with Crippen molar-refractivity contribution in [2.75, 3.05) is 40.4 Å². The minimum atomic E-state index is -3.48. The topological polar surface area (TPSA) is 49.9 Å². The molecule has 0 amide bonds. The summed E-state index contributed by atoms with van der Waals surface area (Å²) in [5, 5.41) is 0. The molecule has 1 aromatic rings. The molecule has 0 saturated carbocycles. The van der Waals surface area contributed by atoms with Gasteiger partial charge in [0, 0.05) is 32.3 Å². The van der Waals surface area contributed by atoms with Crippen molar-refractivity contribution in [1.82, 2.24) is 9.21 Å². The monoisotopic (exact) mass is 354 g/mol. The van der Waals surface area contributed by atoms with Gasteiger partial charge in [0.2, 0.25) is 10.0 Å². The maximum atomic E-state index is 13.2. The Labute approximate surface area is 146 Å². The van der Waals surface area contributed by atoms with E-state index in [-0.39, 0.29) is 6.04 Å². The molecule has 1 heterocycles. The highest BCUT2D eigenvalue weighted by Crippen LogP contribution is 2.24. The zero-order chi connectivity index (χ0) is 17.6. The predicted molar refractivity (Wildman–Crippen MR) is 96.7 cm³/mol. The third-order valence-electron chi connectivity index (χ3n) is 4.43. The van der Waals surface area contributed by atoms with E-state index in [0.717, 1.165) is 25.7 Å². The molecule has 24 heavy (non-hydrogen) atoms. The van der Waals surface area contributed by atoms with E-state index in [1.165, 1.54) is 5.56 Å². The van der Waals surface area contributed by atoms with Gasteiger partial charge >= 0.3 is 0 Å². The van der Waals surface area contributed by atoms with Crippen molar-refractivity contribution < 1.29 is 13.2 Å². The fourth-order valence-corrected chi connectivity index (χ4v) is 4.70. The van der Waals surface area contributed by atoms with Crippen LogP contribution in [0.25, 0.3) is 0 Å². The molecule has 0 aromatic heterocycles. The number of nitrogens with zero attached hydrogens (tertiary/aromatic N) is 2. The van der Waals surface area contributed by atoms with Gasteiger partial charge in [0.1, 0.15) is 0 Å². The summed E-state index contributed by atoms with van der Waals surface area (Å²) < 4.78 is 33.4. The Morgan fingerprint density at radius 2 is 1.71 bits per heavy atom. The Morgan fingerprint density at radius 1 is 1.08 bits per heavy atom. The van der Waals surface area contributed by atoms with E-state index in [1.807, 2.05) is 31.1 Å². The van der Waals surface area contributed by atoms with E-state index in [4.69, 9.17) is 4.74 Å². The van der Waals surface area contributed by atoms with Gasteiger partial charge in [-0.2, -0.15) is 4.31 Å². The second-order valence-corrected chi connectivity index (χ2v) is 8.55. The average molecular weight is 355 g/mol. The molecule has 0 spiro atoms. The lowest BCUT2D eigenvalue weighted by molar-refractivity contribution is 0.0573. The van der Waals surface area contributed by atoms with Crippen molar-refractivity contribution in [2.24, 2.45) is 0 Å². The van der Waals surface area contributed by atoms with Gasteiger partial charge in [0.05, 0.1) is 4.90 Å². The van der Waals surface area contributed by atoms with Gasteiger partial charge in [0.25, 0.3) is 0 Å². The normalized spacial score (nSPS) is 16.9. The van der Waals surface area contributed by atoms with E-state index in [1.54, 1.807) is 16.4 Å². The molecule has 0 atom stereocenters. The minimum Gasteiger partial charge on any atom is -0.381 e. The molecule has 1 fully saturated rings. The van der Waals surface area contributed by atoms with Gasteiger partial charge < -0.3 is 9.64 Å².